The molecule has 0 aromatic carbocycles. The number of pyridine rings is 1. The van der Waals surface area contributed by atoms with Gasteiger partial charge >= 0.3 is 5.97 Å². The van der Waals surface area contributed by atoms with E-state index in [0.717, 1.165) is 16.7 Å². The highest BCUT2D eigenvalue weighted by molar-refractivity contribution is 7.12. The van der Waals surface area contributed by atoms with Gasteiger partial charge in [0.05, 0.1) is 7.11 Å². The molecule has 88 valence electrons. The van der Waals surface area contributed by atoms with Gasteiger partial charge in [0.15, 0.2) is 0 Å². The smallest absolute Gasteiger partial charge is 0.345 e. The van der Waals surface area contributed by atoms with Crippen LogP contribution >= 0.6 is 11.3 Å². The molecule has 2 heterocycles. The Bertz CT molecular complexity index is 563. The van der Waals surface area contributed by atoms with Crippen molar-refractivity contribution in [2.24, 2.45) is 0 Å². The summed E-state index contributed by atoms with van der Waals surface area (Å²) in [6, 6.07) is 3.48. The van der Waals surface area contributed by atoms with E-state index in [-0.39, 0.29) is 0 Å². The number of nitrogens with zero attached hydrogens (tertiary/aromatic N) is 1. The number of aromatic nitrogens is 1. The molecule has 0 radical (unpaired) electrons. The standard InChI is InChI=1S/C12H11NO3S/c1-7-3-11(16-2)13-5-9(7)8-4-10(12(14)15)17-6-8/h3-6H,1-2H3,(H,14,15). The lowest BCUT2D eigenvalue weighted by atomic mass is 10.1. The van der Waals surface area contributed by atoms with Crippen molar-refractivity contribution in [2.45, 2.75) is 6.92 Å². The molecule has 1 N–H and O–H groups in total. The van der Waals surface area contributed by atoms with Crippen molar-refractivity contribution >= 4 is 17.3 Å². The molecule has 0 saturated carbocycles. The third kappa shape index (κ3) is 2.29. The fourth-order valence-corrected chi connectivity index (χ4v) is 2.28. The van der Waals surface area contributed by atoms with Gasteiger partial charge in [0, 0.05) is 17.8 Å². The van der Waals surface area contributed by atoms with E-state index >= 15 is 0 Å². The number of hydrogen-bond donors (Lipinski definition) is 1. The predicted molar refractivity (Wildman–Crippen MR) is 65.8 cm³/mol. The van der Waals surface area contributed by atoms with Crippen LogP contribution in [0.2, 0.25) is 0 Å². The van der Waals surface area contributed by atoms with Gasteiger partial charge in [-0.05, 0) is 29.5 Å². The van der Waals surface area contributed by atoms with Crippen LogP contribution in [0.5, 0.6) is 5.88 Å². The molecule has 0 fully saturated rings. The number of carboxylic acids is 1. The van der Waals surface area contributed by atoms with Crippen molar-refractivity contribution in [3.8, 4) is 17.0 Å². The highest BCUT2D eigenvalue weighted by Crippen LogP contribution is 2.29. The molecule has 2 aromatic heterocycles. The predicted octanol–water partition coefficient (Wildman–Crippen LogP) is 2.83. The summed E-state index contributed by atoms with van der Waals surface area (Å²) < 4.78 is 5.03. The summed E-state index contributed by atoms with van der Waals surface area (Å²) in [6.07, 6.45) is 1.70. The van der Waals surface area contributed by atoms with Gasteiger partial charge in [-0.25, -0.2) is 9.78 Å². The monoisotopic (exact) mass is 249 g/mol. The molecule has 2 rings (SSSR count). The molecule has 0 unspecified atom stereocenters. The van der Waals surface area contributed by atoms with E-state index in [1.54, 1.807) is 19.4 Å². The lowest BCUT2D eigenvalue weighted by Gasteiger charge is -2.05. The average molecular weight is 249 g/mol. The molecule has 0 aliphatic rings. The van der Waals surface area contributed by atoms with E-state index in [9.17, 15) is 4.79 Å². The highest BCUT2D eigenvalue weighted by atomic mass is 32.1. The number of hydrogen-bond acceptors (Lipinski definition) is 4. The van der Waals surface area contributed by atoms with Crippen molar-refractivity contribution in [2.75, 3.05) is 7.11 Å². The van der Waals surface area contributed by atoms with Gasteiger partial charge in [0.2, 0.25) is 5.88 Å². The van der Waals surface area contributed by atoms with Crippen LogP contribution in [0.1, 0.15) is 15.2 Å². The lowest BCUT2D eigenvalue weighted by molar-refractivity contribution is 0.0702. The molecule has 17 heavy (non-hydrogen) atoms. The summed E-state index contributed by atoms with van der Waals surface area (Å²) >= 11 is 1.21. The summed E-state index contributed by atoms with van der Waals surface area (Å²) in [5, 5.41) is 10.7. The Labute approximate surface area is 103 Å². The molecule has 2 aromatic rings. The van der Waals surface area contributed by atoms with E-state index in [1.165, 1.54) is 11.3 Å². The average Bonchev–Trinajstić information content (AvgIpc) is 2.78. The number of aromatic carboxylic acids is 1. The highest BCUT2D eigenvalue weighted by Gasteiger charge is 2.10. The van der Waals surface area contributed by atoms with Gasteiger partial charge in [-0.2, -0.15) is 0 Å². The van der Waals surface area contributed by atoms with E-state index in [4.69, 9.17) is 9.84 Å². The van der Waals surface area contributed by atoms with Crippen LogP contribution in [-0.4, -0.2) is 23.2 Å². The molecular formula is C12H11NO3S. The Morgan fingerprint density at radius 2 is 2.24 bits per heavy atom. The molecule has 0 amide bonds. The number of carbonyl (C=O) groups is 1. The second-order valence-electron chi connectivity index (χ2n) is 3.55. The minimum Gasteiger partial charge on any atom is -0.481 e. The number of aryl methyl sites for hydroxylation is 1. The molecule has 4 nitrogen and oxygen atoms in total. The first-order chi connectivity index (χ1) is 8.11. The number of carboxylic acid groups (broad SMARTS) is 1. The van der Waals surface area contributed by atoms with Gasteiger partial charge in [-0.3, -0.25) is 0 Å². The van der Waals surface area contributed by atoms with Gasteiger partial charge in [-0.1, -0.05) is 0 Å². The van der Waals surface area contributed by atoms with E-state index in [1.807, 2.05) is 18.4 Å². The number of ether oxygens (including phenoxy) is 1. The minimum atomic E-state index is -0.902. The van der Waals surface area contributed by atoms with E-state index in [0.29, 0.717) is 10.8 Å². The lowest BCUT2D eigenvalue weighted by Crippen LogP contribution is -1.91. The summed E-state index contributed by atoms with van der Waals surface area (Å²) in [7, 11) is 1.56. The molecular weight excluding hydrogens is 238 g/mol. The zero-order chi connectivity index (χ0) is 12.4. The second kappa shape index (κ2) is 4.55. The molecule has 0 bridgehead atoms. The quantitative estimate of drug-likeness (QED) is 0.908. The zero-order valence-electron chi connectivity index (χ0n) is 9.43. The Morgan fingerprint density at radius 3 is 2.76 bits per heavy atom. The van der Waals surface area contributed by atoms with Crippen molar-refractivity contribution in [3.05, 3.63) is 34.2 Å². The van der Waals surface area contributed by atoms with Crippen LogP contribution in [0, 0.1) is 6.92 Å². The molecule has 5 heteroatoms. The summed E-state index contributed by atoms with van der Waals surface area (Å²) in [4.78, 5) is 15.3. The van der Waals surface area contributed by atoms with E-state index < -0.39 is 5.97 Å². The Hall–Kier alpha value is -1.88. The molecule has 0 aliphatic heterocycles. The first kappa shape index (κ1) is 11.6. The normalized spacial score (nSPS) is 10.2. The van der Waals surface area contributed by atoms with Crippen molar-refractivity contribution in [1.29, 1.82) is 0 Å². The first-order valence-corrected chi connectivity index (χ1v) is 5.82. The van der Waals surface area contributed by atoms with E-state index in [2.05, 4.69) is 4.98 Å². The summed E-state index contributed by atoms with van der Waals surface area (Å²) in [5.74, 6) is -0.347. The van der Waals surface area contributed by atoms with Gasteiger partial charge < -0.3 is 9.84 Å². The number of rotatable bonds is 3. The fraction of sp³-hybridized carbons (Fsp3) is 0.167. The maximum Gasteiger partial charge on any atom is 0.345 e. The molecule has 0 spiro atoms. The largest absolute Gasteiger partial charge is 0.481 e. The third-order valence-corrected chi connectivity index (χ3v) is 3.33. The van der Waals surface area contributed by atoms with Gasteiger partial charge in [0.1, 0.15) is 4.88 Å². The maximum atomic E-state index is 10.8. The third-order valence-electron chi connectivity index (χ3n) is 2.42. The van der Waals surface area contributed by atoms with Crippen LogP contribution in [0.3, 0.4) is 0 Å². The Balaban J connectivity index is 2.42. The fourth-order valence-electron chi connectivity index (χ4n) is 1.53. The number of methoxy groups -OCH3 is 1. The van der Waals surface area contributed by atoms with Crippen molar-refractivity contribution in [3.63, 3.8) is 0 Å². The van der Waals surface area contributed by atoms with Crippen molar-refractivity contribution < 1.29 is 14.6 Å². The SMILES string of the molecule is COc1cc(C)c(-c2csc(C(=O)O)c2)cn1. The van der Waals surface area contributed by atoms with Gasteiger partial charge in [0.25, 0.3) is 0 Å². The topological polar surface area (TPSA) is 59.4 Å². The van der Waals surface area contributed by atoms with Crippen LogP contribution in [0.15, 0.2) is 23.7 Å². The zero-order valence-corrected chi connectivity index (χ0v) is 10.2. The first-order valence-electron chi connectivity index (χ1n) is 4.94. The Morgan fingerprint density at radius 1 is 1.47 bits per heavy atom. The van der Waals surface area contributed by atoms with Crippen LogP contribution in [-0.2, 0) is 0 Å². The number of thiophene rings is 1. The van der Waals surface area contributed by atoms with Crippen LogP contribution in [0.25, 0.3) is 11.1 Å². The van der Waals surface area contributed by atoms with Crippen LogP contribution in [0.4, 0.5) is 0 Å². The molecule has 0 aliphatic carbocycles. The Kier molecular flexibility index (Phi) is 3.10. The van der Waals surface area contributed by atoms with Gasteiger partial charge in [-0.15, -0.1) is 11.3 Å². The minimum absolute atomic E-state index is 0.329. The summed E-state index contributed by atoms with van der Waals surface area (Å²) in [5.41, 5.74) is 2.81. The molecule has 0 atom stereocenters. The maximum absolute atomic E-state index is 10.8. The van der Waals surface area contributed by atoms with Crippen molar-refractivity contribution in [1.82, 2.24) is 4.98 Å². The summed E-state index contributed by atoms with van der Waals surface area (Å²) in [6.45, 7) is 1.94. The second-order valence-corrected chi connectivity index (χ2v) is 4.46. The molecule has 0 saturated heterocycles. The van der Waals surface area contributed by atoms with Crippen LogP contribution < -0.4 is 4.74 Å².